The second-order valence-electron chi connectivity index (χ2n) is 8.17. The molecule has 0 atom stereocenters. The minimum atomic E-state index is -0.0185. The van der Waals surface area contributed by atoms with E-state index in [2.05, 4.69) is 29.4 Å². The average Bonchev–Trinajstić information content (AvgIpc) is 3.15. The second-order valence-corrected chi connectivity index (χ2v) is 8.17. The lowest BCUT2D eigenvalue weighted by Gasteiger charge is -2.50. The molecule has 0 unspecified atom stereocenters. The van der Waals surface area contributed by atoms with Gasteiger partial charge < -0.3 is 10.0 Å². The lowest BCUT2D eigenvalue weighted by molar-refractivity contribution is 0.0588. The van der Waals surface area contributed by atoms with Crippen molar-refractivity contribution in [2.45, 2.75) is 37.8 Å². The predicted octanol–water partition coefficient (Wildman–Crippen LogP) is 3.62. The van der Waals surface area contributed by atoms with E-state index in [0.29, 0.717) is 18.7 Å². The Bertz CT molecular complexity index is 1040. The van der Waals surface area contributed by atoms with Crippen LogP contribution < -0.4 is 0 Å². The number of amides is 1. The summed E-state index contributed by atoms with van der Waals surface area (Å²) in [7, 11) is 0. The molecular weight excluding hydrogens is 362 g/mol. The molecule has 1 fully saturated rings. The Labute approximate surface area is 170 Å². The fourth-order valence-corrected chi connectivity index (χ4v) is 4.94. The fraction of sp³-hybridized carbons (Fsp3) is 0.333. The van der Waals surface area contributed by atoms with Gasteiger partial charge in [-0.05, 0) is 24.0 Å². The van der Waals surface area contributed by atoms with Crippen LogP contribution in [0.2, 0.25) is 0 Å². The van der Waals surface area contributed by atoms with Gasteiger partial charge in [0.1, 0.15) is 0 Å². The maximum atomic E-state index is 13.7. The number of benzene rings is 2. The van der Waals surface area contributed by atoms with Gasteiger partial charge in [0, 0.05) is 24.1 Å². The number of nitrogens with zero attached hydrogens (tertiary/aromatic N) is 3. The van der Waals surface area contributed by atoms with Crippen LogP contribution in [0.3, 0.4) is 0 Å². The van der Waals surface area contributed by atoms with Crippen molar-refractivity contribution < 1.29 is 9.90 Å². The van der Waals surface area contributed by atoms with Crippen LogP contribution in [0.15, 0.2) is 60.8 Å². The van der Waals surface area contributed by atoms with Gasteiger partial charge in [0.15, 0.2) is 0 Å². The minimum Gasteiger partial charge on any atom is -0.394 e. The van der Waals surface area contributed by atoms with E-state index in [4.69, 9.17) is 0 Å². The first-order valence-electron chi connectivity index (χ1n) is 10.3. The van der Waals surface area contributed by atoms with Crippen molar-refractivity contribution in [1.29, 1.82) is 0 Å². The van der Waals surface area contributed by atoms with E-state index in [1.807, 2.05) is 35.2 Å². The number of rotatable bonds is 4. The Morgan fingerprint density at radius 2 is 1.83 bits per heavy atom. The van der Waals surface area contributed by atoms with Gasteiger partial charge in [-0.1, -0.05) is 61.0 Å². The van der Waals surface area contributed by atoms with Gasteiger partial charge in [0.2, 0.25) is 0 Å². The van der Waals surface area contributed by atoms with Crippen LogP contribution >= 0.6 is 0 Å². The highest BCUT2D eigenvalue weighted by Crippen LogP contribution is 2.48. The smallest absolute Gasteiger partial charge is 0.258 e. The molecule has 1 saturated carbocycles. The highest BCUT2D eigenvalue weighted by Gasteiger charge is 2.45. The molecule has 5 nitrogen and oxygen atoms in total. The average molecular weight is 387 g/mol. The van der Waals surface area contributed by atoms with E-state index in [1.54, 1.807) is 10.9 Å². The minimum absolute atomic E-state index is 0.0185. The van der Waals surface area contributed by atoms with Crippen molar-refractivity contribution in [2.24, 2.45) is 0 Å². The second kappa shape index (κ2) is 7.16. The molecule has 148 valence electrons. The predicted molar refractivity (Wildman–Crippen MR) is 111 cm³/mol. The molecule has 5 heteroatoms. The quantitative estimate of drug-likeness (QED) is 0.744. The maximum absolute atomic E-state index is 13.7. The molecule has 1 amide bonds. The lowest BCUT2D eigenvalue weighted by atomic mass is 9.61. The first kappa shape index (κ1) is 18.1. The Kier molecular flexibility index (Phi) is 4.47. The topological polar surface area (TPSA) is 58.4 Å². The van der Waals surface area contributed by atoms with Crippen LogP contribution in [0, 0.1) is 0 Å². The van der Waals surface area contributed by atoms with E-state index in [0.717, 1.165) is 30.6 Å². The summed E-state index contributed by atoms with van der Waals surface area (Å²) in [4.78, 5) is 15.7. The molecule has 3 aromatic rings. The molecule has 1 aliphatic carbocycles. The summed E-state index contributed by atoms with van der Waals surface area (Å²) in [6.07, 6.45) is 5.17. The number of hydrogen-bond donors (Lipinski definition) is 1. The molecule has 5 rings (SSSR count). The summed E-state index contributed by atoms with van der Waals surface area (Å²) < 4.78 is 1.74. The number of hydrogen-bond acceptors (Lipinski definition) is 3. The maximum Gasteiger partial charge on any atom is 0.258 e. The zero-order valence-corrected chi connectivity index (χ0v) is 16.4. The summed E-state index contributed by atoms with van der Waals surface area (Å²) in [6, 6.07) is 18.4. The van der Waals surface area contributed by atoms with Gasteiger partial charge in [-0.15, -0.1) is 0 Å². The fourth-order valence-electron chi connectivity index (χ4n) is 4.94. The van der Waals surface area contributed by atoms with Crippen LogP contribution in [-0.4, -0.2) is 38.8 Å². The van der Waals surface area contributed by atoms with Crippen molar-refractivity contribution in [3.63, 3.8) is 0 Å². The Morgan fingerprint density at radius 1 is 1.07 bits per heavy atom. The third kappa shape index (κ3) is 2.97. The Hall–Kier alpha value is -2.92. The number of aliphatic hydroxyl groups excluding tert-OH is 1. The summed E-state index contributed by atoms with van der Waals surface area (Å²) in [6.45, 7) is 1.75. The Morgan fingerprint density at radius 3 is 2.55 bits per heavy atom. The molecule has 2 heterocycles. The summed E-state index contributed by atoms with van der Waals surface area (Å²) >= 11 is 0. The zero-order chi connectivity index (χ0) is 19.8. The van der Waals surface area contributed by atoms with Crippen LogP contribution in [0.5, 0.6) is 0 Å². The molecule has 0 saturated heterocycles. The van der Waals surface area contributed by atoms with E-state index in [1.165, 1.54) is 17.5 Å². The number of fused-ring (bicyclic) bond motifs is 2. The lowest BCUT2D eigenvalue weighted by Crippen LogP contribution is -2.51. The zero-order valence-electron chi connectivity index (χ0n) is 16.4. The summed E-state index contributed by atoms with van der Waals surface area (Å²) in [5.41, 5.74) is 5.13. The standard InChI is InChI=1S/C24H25N3O2/c28-14-13-27-22(18-7-2-1-3-8-18)20(15-25-27)23(29)26-16-19-9-4-5-10-21(19)24(17-26)11-6-12-24/h1-5,7-10,15,28H,6,11-14,16-17H2. The van der Waals surface area contributed by atoms with Crippen molar-refractivity contribution in [3.05, 3.63) is 77.5 Å². The number of aliphatic hydroxyl groups is 1. The third-order valence-electron chi connectivity index (χ3n) is 6.47. The molecule has 0 bridgehead atoms. The summed E-state index contributed by atoms with van der Waals surface area (Å²) in [5, 5.41) is 13.9. The van der Waals surface area contributed by atoms with Gasteiger partial charge in [-0.3, -0.25) is 9.48 Å². The van der Waals surface area contributed by atoms with E-state index in [-0.39, 0.29) is 17.9 Å². The summed E-state index contributed by atoms with van der Waals surface area (Å²) in [5.74, 6) is 0.0221. The molecule has 1 spiro atoms. The monoisotopic (exact) mass is 387 g/mol. The van der Waals surface area contributed by atoms with Crippen LogP contribution in [0.1, 0.15) is 40.7 Å². The van der Waals surface area contributed by atoms with E-state index < -0.39 is 0 Å². The molecule has 1 aromatic heterocycles. The van der Waals surface area contributed by atoms with Crippen molar-refractivity contribution in [3.8, 4) is 11.3 Å². The largest absolute Gasteiger partial charge is 0.394 e. The van der Waals surface area contributed by atoms with Crippen LogP contribution in [0.4, 0.5) is 0 Å². The highest BCUT2D eigenvalue weighted by molar-refractivity contribution is 6.00. The van der Waals surface area contributed by atoms with E-state index in [9.17, 15) is 9.90 Å². The first-order valence-corrected chi connectivity index (χ1v) is 10.3. The number of carbonyl (C=O) groups is 1. The molecule has 2 aromatic carbocycles. The van der Waals surface area contributed by atoms with Crippen molar-refractivity contribution in [2.75, 3.05) is 13.2 Å². The Balaban J connectivity index is 1.54. The SMILES string of the molecule is O=C(c1cnn(CCO)c1-c1ccccc1)N1Cc2ccccc2C2(CCC2)C1. The molecule has 1 N–H and O–H groups in total. The number of carbonyl (C=O) groups excluding carboxylic acids is 1. The molecular formula is C24H25N3O2. The van der Waals surface area contributed by atoms with Crippen molar-refractivity contribution in [1.82, 2.24) is 14.7 Å². The van der Waals surface area contributed by atoms with Gasteiger partial charge in [-0.25, -0.2) is 0 Å². The molecule has 2 aliphatic rings. The highest BCUT2D eigenvalue weighted by atomic mass is 16.3. The van der Waals surface area contributed by atoms with Gasteiger partial charge in [-0.2, -0.15) is 5.10 Å². The van der Waals surface area contributed by atoms with Crippen molar-refractivity contribution >= 4 is 5.91 Å². The van der Waals surface area contributed by atoms with E-state index >= 15 is 0 Å². The molecule has 29 heavy (non-hydrogen) atoms. The van der Waals surface area contributed by atoms with Gasteiger partial charge >= 0.3 is 0 Å². The van der Waals surface area contributed by atoms with Crippen LogP contribution in [0.25, 0.3) is 11.3 Å². The molecule has 0 radical (unpaired) electrons. The van der Waals surface area contributed by atoms with Gasteiger partial charge in [0.05, 0.1) is 30.6 Å². The first-order chi connectivity index (χ1) is 14.2. The van der Waals surface area contributed by atoms with Crippen LogP contribution in [-0.2, 0) is 18.5 Å². The third-order valence-corrected chi connectivity index (χ3v) is 6.47. The number of aromatic nitrogens is 2. The normalized spacial score (nSPS) is 17.1. The molecule has 1 aliphatic heterocycles. The van der Waals surface area contributed by atoms with Gasteiger partial charge in [0.25, 0.3) is 5.91 Å².